The van der Waals surface area contributed by atoms with Gasteiger partial charge < -0.3 is 15.4 Å². The van der Waals surface area contributed by atoms with Gasteiger partial charge in [0.1, 0.15) is 0 Å². The van der Waals surface area contributed by atoms with Gasteiger partial charge >= 0.3 is 6.03 Å². The first-order valence-electron chi connectivity index (χ1n) is 5.44. The summed E-state index contributed by atoms with van der Waals surface area (Å²) in [6.07, 6.45) is 0.782. The third-order valence-corrected chi connectivity index (χ3v) is 2.49. The van der Waals surface area contributed by atoms with Gasteiger partial charge in [0.15, 0.2) is 0 Å². The molecule has 4 nitrogen and oxygen atoms in total. The number of ether oxygens (including phenoxy) is 1. The molecule has 0 spiro atoms. The van der Waals surface area contributed by atoms with Gasteiger partial charge in [-0.15, -0.1) is 0 Å². The Labute approximate surface area is 106 Å². The van der Waals surface area contributed by atoms with Crippen molar-refractivity contribution < 1.29 is 9.53 Å². The molecule has 0 radical (unpaired) electrons. The number of carbonyl (C=O) groups is 1. The lowest BCUT2D eigenvalue weighted by molar-refractivity contribution is 0.185. The quantitative estimate of drug-likeness (QED) is 0.851. The summed E-state index contributed by atoms with van der Waals surface area (Å²) in [6.45, 7) is 2.56. The van der Waals surface area contributed by atoms with Gasteiger partial charge in [-0.25, -0.2) is 4.79 Å². The minimum Gasteiger partial charge on any atom is -0.385 e. The molecule has 1 aromatic carbocycles. The van der Waals surface area contributed by atoms with Crippen LogP contribution in [0.1, 0.15) is 13.3 Å². The summed E-state index contributed by atoms with van der Waals surface area (Å²) in [5.74, 6) is 0. The summed E-state index contributed by atoms with van der Waals surface area (Å²) in [7, 11) is 1.64. The van der Waals surface area contributed by atoms with Crippen LogP contribution in [0.3, 0.4) is 0 Å². The van der Waals surface area contributed by atoms with E-state index < -0.39 is 0 Å². The lowest BCUT2D eigenvalue weighted by Gasteiger charge is -2.14. The molecule has 1 atom stereocenters. The Morgan fingerprint density at radius 1 is 1.41 bits per heavy atom. The van der Waals surface area contributed by atoms with E-state index in [4.69, 9.17) is 16.3 Å². The topological polar surface area (TPSA) is 50.4 Å². The zero-order chi connectivity index (χ0) is 12.7. The number of benzene rings is 1. The predicted molar refractivity (Wildman–Crippen MR) is 69.6 cm³/mol. The molecule has 5 heteroatoms. The molecule has 0 aliphatic heterocycles. The zero-order valence-corrected chi connectivity index (χ0v) is 10.8. The second-order valence-electron chi connectivity index (χ2n) is 3.79. The van der Waals surface area contributed by atoms with Crippen LogP contribution in [0, 0.1) is 0 Å². The van der Waals surface area contributed by atoms with Crippen LogP contribution in [0.4, 0.5) is 10.5 Å². The third kappa shape index (κ3) is 5.56. The first-order chi connectivity index (χ1) is 8.11. The molecule has 0 heterocycles. The van der Waals surface area contributed by atoms with E-state index in [1.807, 2.05) is 6.92 Å². The SMILES string of the molecule is COCCC(C)NC(=O)Nc1ccc(Cl)cc1. The van der Waals surface area contributed by atoms with Crippen LogP contribution in [0.2, 0.25) is 5.02 Å². The average Bonchev–Trinajstić information content (AvgIpc) is 2.29. The van der Waals surface area contributed by atoms with Crippen LogP contribution in [0.5, 0.6) is 0 Å². The number of nitrogens with one attached hydrogen (secondary N) is 2. The maximum Gasteiger partial charge on any atom is 0.319 e. The van der Waals surface area contributed by atoms with E-state index in [1.54, 1.807) is 31.4 Å². The van der Waals surface area contributed by atoms with Crippen LogP contribution < -0.4 is 10.6 Å². The van der Waals surface area contributed by atoms with Crippen molar-refractivity contribution in [1.82, 2.24) is 5.32 Å². The molecule has 2 N–H and O–H groups in total. The average molecular weight is 257 g/mol. The largest absolute Gasteiger partial charge is 0.385 e. The van der Waals surface area contributed by atoms with Crippen molar-refractivity contribution in [3.8, 4) is 0 Å². The maximum atomic E-state index is 11.6. The minimum atomic E-state index is -0.226. The molecule has 0 aliphatic carbocycles. The summed E-state index contributed by atoms with van der Waals surface area (Å²) >= 11 is 5.75. The lowest BCUT2D eigenvalue weighted by atomic mass is 10.2. The number of hydrogen-bond donors (Lipinski definition) is 2. The Morgan fingerprint density at radius 2 is 2.06 bits per heavy atom. The monoisotopic (exact) mass is 256 g/mol. The van der Waals surface area contributed by atoms with Crippen molar-refractivity contribution in [2.24, 2.45) is 0 Å². The van der Waals surface area contributed by atoms with E-state index in [0.717, 1.165) is 6.42 Å². The molecule has 2 amide bonds. The van der Waals surface area contributed by atoms with Crippen molar-refractivity contribution >= 4 is 23.3 Å². The van der Waals surface area contributed by atoms with Crippen molar-refractivity contribution in [2.75, 3.05) is 19.0 Å². The van der Waals surface area contributed by atoms with Crippen LogP contribution >= 0.6 is 11.6 Å². The number of methoxy groups -OCH3 is 1. The Kier molecular flexibility index (Phi) is 5.80. The van der Waals surface area contributed by atoms with E-state index in [-0.39, 0.29) is 12.1 Å². The fourth-order valence-corrected chi connectivity index (χ4v) is 1.42. The van der Waals surface area contributed by atoms with Crippen LogP contribution in [-0.2, 0) is 4.74 Å². The van der Waals surface area contributed by atoms with Crippen molar-refractivity contribution in [3.05, 3.63) is 29.3 Å². The first-order valence-corrected chi connectivity index (χ1v) is 5.81. The van der Waals surface area contributed by atoms with Gasteiger partial charge in [-0.05, 0) is 37.6 Å². The molecular formula is C12H17ClN2O2. The molecule has 17 heavy (non-hydrogen) atoms. The second-order valence-corrected chi connectivity index (χ2v) is 4.22. The first kappa shape index (κ1) is 13.8. The van der Waals surface area contributed by atoms with Gasteiger partial charge in [0, 0.05) is 30.5 Å². The molecule has 1 rings (SSSR count). The molecule has 0 saturated heterocycles. The van der Waals surface area contributed by atoms with Crippen LogP contribution in [0.15, 0.2) is 24.3 Å². The Morgan fingerprint density at radius 3 is 2.65 bits per heavy atom. The highest BCUT2D eigenvalue weighted by Crippen LogP contribution is 2.13. The molecule has 0 bridgehead atoms. The molecule has 0 aromatic heterocycles. The molecule has 0 saturated carbocycles. The predicted octanol–water partition coefficient (Wildman–Crippen LogP) is 2.89. The fraction of sp³-hybridized carbons (Fsp3) is 0.417. The van der Waals surface area contributed by atoms with Gasteiger partial charge in [0.2, 0.25) is 0 Å². The second kappa shape index (κ2) is 7.14. The number of rotatable bonds is 5. The van der Waals surface area contributed by atoms with E-state index in [2.05, 4.69) is 10.6 Å². The lowest BCUT2D eigenvalue weighted by Crippen LogP contribution is -2.36. The van der Waals surface area contributed by atoms with Crippen molar-refractivity contribution in [1.29, 1.82) is 0 Å². The molecule has 94 valence electrons. The fourth-order valence-electron chi connectivity index (χ4n) is 1.29. The zero-order valence-electron chi connectivity index (χ0n) is 10.00. The highest BCUT2D eigenvalue weighted by atomic mass is 35.5. The molecule has 0 fully saturated rings. The van der Waals surface area contributed by atoms with E-state index >= 15 is 0 Å². The van der Waals surface area contributed by atoms with E-state index in [0.29, 0.717) is 17.3 Å². The number of hydrogen-bond acceptors (Lipinski definition) is 2. The Bertz CT molecular complexity index is 354. The summed E-state index contributed by atoms with van der Waals surface area (Å²) in [6, 6.07) is 6.80. The number of carbonyl (C=O) groups excluding carboxylic acids is 1. The Hall–Kier alpha value is -1.26. The summed E-state index contributed by atoms with van der Waals surface area (Å²) in [5, 5.41) is 6.18. The van der Waals surface area contributed by atoms with Gasteiger partial charge in [-0.1, -0.05) is 11.6 Å². The van der Waals surface area contributed by atoms with Crippen LogP contribution in [-0.4, -0.2) is 25.8 Å². The molecule has 1 aromatic rings. The third-order valence-electron chi connectivity index (χ3n) is 2.23. The van der Waals surface area contributed by atoms with E-state index in [1.165, 1.54) is 0 Å². The highest BCUT2D eigenvalue weighted by molar-refractivity contribution is 6.30. The summed E-state index contributed by atoms with van der Waals surface area (Å²) in [4.78, 5) is 11.6. The van der Waals surface area contributed by atoms with Crippen molar-refractivity contribution in [2.45, 2.75) is 19.4 Å². The number of urea groups is 1. The van der Waals surface area contributed by atoms with Gasteiger partial charge in [0.05, 0.1) is 0 Å². The van der Waals surface area contributed by atoms with Gasteiger partial charge in [-0.2, -0.15) is 0 Å². The number of anilines is 1. The normalized spacial score (nSPS) is 11.9. The standard InChI is InChI=1S/C12H17ClN2O2/c1-9(7-8-17-2)14-12(16)15-11-5-3-10(13)4-6-11/h3-6,9H,7-8H2,1-2H3,(H2,14,15,16). The maximum absolute atomic E-state index is 11.6. The van der Waals surface area contributed by atoms with Gasteiger partial charge in [0.25, 0.3) is 0 Å². The molecular weight excluding hydrogens is 240 g/mol. The van der Waals surface area contributed by atoms with Crippen LogP contribution in [0.25, 0.3) is 0 Å². The summed E-state index contributed by atoms with van der Waals surface area (Å²) < 4.78 is 4.94. The van der Waals surface area contributed by atoms with Gasteiger partial charge in [-0.3, -0.25) is 0 Å². The highest BCUT2D eigenvalue weighted by Gasteiger charge is 2.06. The van der Waals surface area contributed by atoms with E-state index in [9.17, 15) is 4.79 Å². The molecule has 1 unspecified atom stereocenters. The number of halogens is 1. The minimum absolute atomic E-state index is 0.0715. The Balaban J connectivity index is 2.36. The van der Waals surface area contributed by atoms with Crippen molar-refractivity contribution in [3.63, 3.8) is 0 Å². The smallest absolute Gasteiger partial charge is 0.319 e. The summed E-state index contributed by atoms with van der Waals surface area (Å²) in [5.41, 5.74) is 0.714. The number of amides is 2. The molecule has 0 aliphatic rings.